The Labute approximate surface area is 151 Å². The number of nitrogens with zero attached hydrogens (tertiary/aromatic N) is 2. The van der Waals surface area contributed by atoms with Crippen LogP contribution in [0.3, 0.4) is 0 Å². The predicted molar refractivity (Wildman–Crippen MR) is 86.5 cm³/mol. The number of carbonyl (C=O) groups excluding carboxylic acids is 1. The Hall–Kier alpha value is -2.72. The fraction of sp³-hybridized carbons (Fsp3) is 0.133. The molecule has 0 atom stereocenters. The maximum Gasteiger partial charge on any atom is 0.335 e. The fourth-order valence-electron chi connectivity index (χ4n) is 2.01. The summed E-state index contributed by atoms with van der Waals surface area (Å²) in [5, 5.41) is 8.70. The molecule has 0 aliphatic rings. The van der Waals surface area contributed by atoms with Crippen LogP contribution in [-0.2, 0) is 22.1 Å². The van der Waals surface area contributed by atoms with Gasteiger partial charge in [-0.15, -0.1) is 5.10 Å². The van der Waals surface area contributed by atoms with Crippen LogP contribution >= 0.6 is 11.6 Å². The summed E-state index contributed by atoms with van der Waals surface area (Å²) in [6.07, 6.45) is 1.33. The summed E-state index contributed by atoms with van der Waals surface area (Å²) in [7, 11) is -4.12. The van der Waals surface area contributed by atoms with E-state index in [1.54, 1.807) is 6.07 Å². The van der Waals surface area contributed by atoms with Gasteiger partial charge < -0.3 is 14.2 Å². The van der Waals surface area contributed by atoms with Crippen molar-refractivity contribution in [3.63, 3.8) is 0 Å². The van der Waals surface area contributed by atoms with Gasteiger partial charge in [0.05, 0.1) is 18.6 Å². The summed E-state index contributed by atoms with van der Waals surface area (Å²) in [5.74, 6) is -2.09. The molecule has 1 amide bonds. The summed E-state index contributed by atoms with van der Waals surface area (Å²) in [5.41, 5.74) is -0.194. The van der Waals surface area contributed by atoms with Gasteiger partial charge in [-0.2, -0.15) is 0 Å². The highest BCUT2D eigenvalue weighted by molar-refractivity contribution is 7.90. The third kappa shape index (κ3) is 3.92. The zero-order valence-electron chi connectivity index (χ0n) is 13.0. The highest BCUT2D eigenvalue weighted by atomic mass is 35.5. The minimum atomic E-state index is -4.12. The van der Waals surface area contributed by atoms with Crippen molar-refractivity contribution in [2.75, 3.05) is 0 Å². The molecular weight excluding hydrogens is 389 g/mol. The molecule has 0 unspecified atom stereocenters. The second-order valence-corrected chi connectivity index (χ2v) is 7.36. The lowest BCUT2D eigenvalue weighted by Gasteiger charge is -2.04. The molecule has 136 valence electrons. The lowest BCUT2D eigenvalue weighted by molar-refractivity contribution is 0.0919. The molecule has 0 spiro atoms. The van der Waals surface area contributed by atoms with Crippen molar-refractivity contribution in [3.8, 4) is 0 Å². The van der Waals surface area contributed by atoms with E-state index in [9.17, 15) is 17.6 Å². The Bertz CT molecular complexity index is 1010. The molecule has 0 saturated heterocycles. The molecule has 0 aliphatic carbocycles. The van der Waals surface area contributed by atoms with Crippen LogP contribution in [0.2, 0.25) is 5.02 Å². The maximum atomic E-state index is 13.8. The minimum Gasteiger partial charge on any atom is -0.459 e. The Morgan fingerprint density at radius 2 is 2.04 bits per heavy atom. The van der Waals surface area contributed by atoms with Crippen molar-refractivity contribution in [3.05, 3.63) is 64.6 Å². The molecule has 1 aromatic carbocycles. The number of furan rings is 1. The first-order chi connectivity index (χ1) is 12.4. The van der Waals surface area contributed by atoms with Gasteiger partial charge >= 0.3 is 5.22 Å². The van der Waals surface area contributed by atoms with Gasteiger partial charge in [0.2, 0.25) is 15.7 Å². The van der Waals surface area contributed by atoms with E-state index < -0.39 is 32.5 Å². The van der Waals surface area contributed by atoms with E-state index in [2.05, 4.69) is 15.5 Å². The zero-order chi connectivity index (χ0) is 18.7. The molecule has 0 saturated carbocycles. The summed E-state index contributed by atoms with van der Waals surface area (Å²) in [6.45, 7) is -0.206. The molecule has 11 heteroatoms. The fourth-order valence-corrected chi connectivity index (χ4v) is 3.50. The van der Waals surface area contributed by atoms with Crippen molar-refractivity contribution in [1.29, 1.82) is 0 Å². The number of hydrogen-bond donors (Lipinski definition) is 1. The van der Waals surface area contributed by atoms with Gasteiger partial charge in [0.15, 0.2) is 5.76 Å². The van der Waals surface area contributed by atoms with E-state index in [4.69, 9.17) is 20.4 Å². The number of halogens is 2. The van der Waals surface area contributed by atoms with Crippen LogP contribution in [0.1, 0.15) is 22.0 Å². The van der Waals surface area contributed by atoms with Gasteiger partial charge in [-0.05, 0) is 24.3 Å². The topological polar surface area (TPSA) is 115 Å². The summed E-state index contributed by atoms with van der Waals surface area (Å²) >= 11 is 5.83. The lowest BCUT2D eigenvalue weighted by atomic mass is 10.2. The molecule has 3 rings (SSSR count). The molecule has 8 nitrogen and oxygen atoms in total. The average Bonchev–Trinajstić information content (AvgIpc) is 3.28. The van der Waals surface area contributed by atoms with Crippen LogP contribution in [0.5, 0.6) is 0 Å². The van der Waals surface area contributed by atoms with E-state index in [0.29, 0.717) is 0 Å². The highest BCUT2D eigenvalue weighted by Gasteiger charge is 2.26. The number of nitrogens with one attached hydrogen (secondary N) is 1. The molecule has 1 N–H and O–H groups in total. The lowest BCUT2D eigenvalue weighted by Crippen LogP contribution is -2.22. The van der Waals surface area contributed by atoms with Crippen molar-refractivity contribution < 1.29 is 26.4 Å². The normalized spacial score (nSPS) is 11.5. The molecule has 0 bridgehead atoms. The Balaban J connectivity index is 1.71. The van der Waals surface area contributed by atoms with Crippen LogP contribution in [0, 0.1) is 5.82 Å². The molecule has 0 fully saturated rings. The quantitative estimate of drug-likeness (QED) is 0.676. The number of benzene rings is 1. The van der Waals surface area contributed by atoms with Gasteiger partial charge in [0.1, 0.15) is 5.82 Å². The Morgan fingerprint density at radius 3 is 2.73 bits per heavy atom. The number of carbonyl (C=O) groups is 1. The second kappa shape index (κ2) is 7.26. The first-order valence-electron chi connectivity index (χ1n) is 7.16. The number of sulfone groups is 1. The standard InChI is InChI=1S/C15H11ClFN3O5S/c16-10-3-1-4-11(17)9(10)8-26(22,23)15-20-19-13(25-15)7-18-14(21)12-5-2-6-24-12/h1-6H,7-8H2,(H,18,21). The van der Waals surface area contributed by atoms with Gasteiger partial charge in [-0.1, -0.05) is 22.8 Å². The molecule has 3 aromatic rings. The monoisotopic (exact) mass is 399 g/mol. The van der Waals surface area contributed by atoms with Crippen LogP contribution in [0.25, 0.3) is 0 Å². The van der Waals surface area contributed by atoms with E-state index >= 15 is 0 Å². The van der Waals surface area contributed by atoms with Crippen LogP contribution in [-0.4, -0.2) is 24.5 Å². The number of hydrogen-bond acceptors (Lipinski definition) is 7. The largest absolute Gasteiger partial charge is 0.459 e. The van der Waals surface area contributed by atoms with E-state index in [1.807, 2.05) is 0 Å². The summed E-state index contributed by atoms with van der Waals surface area (Å²) < 4.78 is 48.4. The van der Waals surface area contributed by atoms with Gasteiger partial charge in [0, 0.05) is 10.6 Å². The molecule has 2 aromatic heterocycles. The van der Waals surface area contributed by atoms with Crippen molar-refractivity contribution in [1.82, 2.24) is 15.5 Å². The smallest absolute Gasteiger partial charge is 0.335 e. The predicted octanol–water partition coefficient (Wildman–Crippen LogP) is 2.36. The molecule has 0 radical (unpaired) electrons. The van der Waals surface area contributed by atoms with Crippen molar-refractivity contribution >= 4 is 27.3 Å². The minimum absolute atomic E-state index is 0.0287. The summed E-state index contributed by atoms with van der Waals surface area (Å²) in [6, 6.07) is 6.83. The molecular formula is C15H11ClFN3O5S. The number of rotatable bonds is 6. The van der Waals surface area contributed by atoms with Gasteiger partial charge in [0.25, 0.3) is 5.91 Å². The summed E-state index contributed by atoms with van der Waals surface area (Å²) in [4.78, 5) is 11.7. The SMILES string of the molecule is O=C(NCc1nnc(S(=O)(=O)Cc2c(F)cccc2Cl)o1)c1ccco1. The number of amides is 1. The van der Waals surface area contributed by atoms with Crippen molar-refractivity contribution in [2.24, 2.45) is 0 Å². The Morgan fingerprint density at radius 1 is 1.23 bits per heavy atom. The van der Waals surface area contributed by atoms with Crippen LogP contribution in [0.15, 0.2) is 50.7 Å². The van der Waals surface area contributed by atoms with Gasteiger partial charge in [-0.25, -0.2) is 12.8 Å². The van der Waals surface area contributed by atoms with E-state index in [-0.39, 0.29) is 28.8 Å². The van der Waals surface area contributed by atoms with Crippen LogP contribution < -0.4 is 5.32 Å². The third-order valence-corrected chi connectivity index (χ3v) is 4.98. The first kappa shape index (κ1) is 18.1. The molecule has 26 heavy (non-hydrogen) atoms. The Kier molecular flexibility index (Phi) is 5.05. The first-order valence-corrected chi connectivity index (χ1v) is 9.19. The van der Waals surface area contributed by atoms with Crippen LogP contribution in [0.4, 0.5) is 4.39 Å². The number of aromatic nitrogens is 2. The van der Waals surface area contributed by atoms with E-state index in [0.717, 1.165) is 6.07 Å². The third-order valence-electron chi connectivity index (χ3n) is 3.26. The highest BCUT2D eigenvalue weighted by Crippen LogP contribution is 2.24. The van der Waals surface area contributed by atoms with Gasteiger partial charge in [-0.3, -0.25) is 4.79 Å². The van der Waals surface area contributed by atoms with E-state index in [1.165, 1.54) is 24.5 Å². The second-order valence-electron chi connectivity index (χ2n) is 5.08. The van der Waals surface area contributed by atoms with Crippen molar-refractivity contribution in [2.45, 2.75) is 17.5 Å². The maximum absolute atomic E-state index is 13.8. The average molecular weight is 400 g/mol. The zero-order valence-corrected chi connectivity index (χ0v) is 14.6. The molecule has 0 aliphatic heterocycles. The molecule has 2 heterocycles.